The zero-order chi connectivity index (χ0) is 20.1. The summed E-state index contributed by atoms with van der Waals surface area (Å²) < 4.78 is 12.9. The molecule has 2 N–H and O–H groups in total. The molecule has 0 aliphatic heterocycles. The summed E-state index contributed by atoms with van der Waals surface area (Å²) in [5, 5.41) is 5.99. The van der Waals surface area contributed by atoms with Crippen LogP contribution in [-0.4, -0.2) is 15.9 Å². The standard InChI is InChI=1S/C22H23FN4O/c1-22(2,3)18-6-4-5-7-19(18)27-21-25-13-16(14-26-21)20(28)24-12-15-8-10-17(23)11-9-15/h4-11,13-14H,12H2,1-3H3,(H,24,28)(H,25,26,27). The number of hydrogen-bond donors (Lipinski definition) is 2. The molecule has 0 saturated carbocycles. The highest BCUT2D eigenvalue weighted by Crippen LogP contribution is 2.30. The van der Waals surface area contributed by atoms with E-state index in [1.807, 2.05) is 18.2 Å². The van der Waals surface area contributed by atoms with Gasteiger partial charge >= 0.3 is 0 Å². The van der Waals surface area contributed by atoms with Crippen LogP contribution in [0, 0.1) is 5.82 Å². The Morgan fingerprint density at radius 2 is 1.64 bits per heavy atom. The van der Waals surface area contributed by atoms with E-state index in [4.69, 9.17) is 0 Å². The van der Waals surface area contributed by atoms with Crippen LogP contribution in [0.5, 0.6) is 0 Å². The van der Waals surface area contributed by atoms with Crippen molar-refractivity contribution in [1.82, 2.24) is 15.3 Å². The summed E-state index contributed by atoms with van der Waals surface area (Å²) in [6.07, 6.45) is 2.96. The van der Waals surface area contributed by atoms with Crippen molar-refractivity contribution >= 4 is 17.5 Å². The molecule has 3 aromatic rings. The van der Waals surface area contributed by atoms with E-state index in [1.54, 1.807) is 12.1 Å². The SMILES string of the molecule is CC(C)(C)c1ccccc1Nc1ncc(C(=O)NCc2ccc(F)cc2)cn1. The predicted molar refractivity (Wildman–Crippen MR) is 108 cm³/mol. The minimum atomic E-state index is -0.306. The first kappa shape index (κ1) is 19.5. The number of amides is 1. The number of benzene rings is 2. The highest BCUT2D eigenvalue weighted by molar-refractivity contribution is 5.93. The number of carbonyl (C=O) groups excluding carboxylic acids is 1. The maximum Gasteiger partial charge on any atom is 0.254 e. The first-order chi connectivity index (χ1) is 13.3. The van der Waals surface area contributed by atoms with Gasteiger partial charge in [-0.1, -0.05) is 51.1 Å². The van der Waals surface area contributed by atoms with Crippen molar-refractivity contribution in [2.24, 2.45) is 0 Å². The Labute approximate surface area is 164 Å². The average Bonchev–Trinajstić information content (AvgIpc) is 2.67. The summed E-state index contributed by atoms with van der Waals surface area (Å²) in [5.74, 6) is -0.169. The van der Waals surface area contributed by atoms with Gasteiger partial charge in [-0.15, -0.1) is 0 Å². The van der Waals surface area contributed by atoms with Gasteiger partial charge in [0.25, 0.3) is 5.91 Å². The second-order valence-corrected chi connectivity index (χ2v) is 7.53. The first-order valence-electron chi connectivity index (χ1n) is 9.04. The molecule has 0 radical (unpaired) electrons. The molecule has 0 aliphatic carbocycles. The average molecular weight is 378 g/mol. The van der Waals surface area contributed by atoms with Gasteiger partial charge in [0.15, 0.2) is 0 Å². The molecular weight excluding hydrogens is 355 g/mol. The normalized spacial score (nSPS) is 11.1. The Morgan fingerprint density at radius 3 is 2.29 bits per heavy atom. The highest BCUT2D eigenvalue weighted by atomic mass is 19.1. The van der Waals surface area contributed by atoms with Crippen LogP contribution in [0.1, 0.15) is 42.3 Å². The molecule has 0 unspecified atom stereocenters. The van der Waals surface area contributed by atoms with Crippen molar-refractivity contribution in [3.63, 3.8) is 0 Å². The van der Waals surface area contributed by atoms with Gasteiger partial charge < -0.3 is 10.6 Å². The number of nitrogens with one attached hydrogen (secondary N) is 2. The zero-order valence-electron chi connectivity index (χ0n) is 16.2. The topological polar surface area (TPSA) is 66.9 Å². The fraction of sp³-hybridized carbons (Fsp3) is 0.227. The van der Waals surface area contributed by atoms with Gasteiger partial charge in [0.1, 0.15) is 5.82 Å². The summed E-state index contributed by atoms with van der Waals surface area (Å²) >= 11 is 0. The molecule has 0 saturated heterocycles. The minimum absolute atomic E-state index is 0.0240. The Balaban J connectivity index is 1.65. The number of nitrogens with zero attached hydrogens (tertiary/aromatic N) is 2. The van der Waals surface area contributed by atoms with Gasteiger partial charge in [0.2, 0.25) is 5.95 Å². The van der Waals surface area contributed by atoms with E-state index in [-0.39, 0.29) is 17.1 Å². The number of aromatic nitrogens is 2. The van der Waals surface area contributed by atoms with Crippen molar-refractivity contribution in [3.05, 3.63) is 83.4 Å². The Bertz CT molecular complexity index is 948. The Hall–Kier alpha value is -3.28. The third-order valence-corrected chi connectivity index (χ3v) is 4.26. The Kier molecular flexibility index (Phi) is 5.68. The zero-order valence-corrected chi connectivity index (χ0v) is 16.2. The summed E-state index contributed by atoms with van der Waals surface area (Å²) in [6, 6.07) is 14.0. The van der Waals surface area contributed by atoms with Gasteiger partial charge in [0, 0.05) is 24.6 Å². The number of rotatable bonds is 5. The van der Waals surface area contributed by atoms with E-state index in [1.165, 1.54) is 24.5 Å². The lowest BCUT2D eigenvalue weighted by Crippen LogP contribution is -2.23. The molecule has 144 valence electrons. The maximum atomic E-state index is 12.9. The van der Waals surface area contributed by atoms with Gasteiger partial charge in [-0.2, -0.15) is 0 Å². The lowest BCUT2D eigenvalue weighted by Gasteiger charge is -2.22. The van der Waals surface area contributed by atoms with Crippen molar-refractivity contribution in [2.75, 3.05) is 5.32 Å². The minimum Gasteiger partial charge on any atom is -0.348 e. The number of halogens is 1. The van der Waals surface area contributed by atoms with E-state index in [9.17, 15) is 9.18 Å². The summed E-state index contributed by atoms with van der Waals surface area (Å²) in [4.78, 5) is 20.8. The van der Waals surface area contributed by atoms with E-state index in [0.717, 1.165) is 16.8 Å². The van der Waals surface area contributed by atoms with E-state index >= 15 is 0 Å². The van der Waals surface area contributed by atoms with Crippen molar-refractivity contribution < 1.29 is 9.18 Å². The third-order valence-electron chi connectivity index (χ3n) is 4.26. The Morgan fingerprint density at radius 1 is 1.00 bits per heavy atom. The highest BCUT2D eigenvalue weighted by Gasteiger charge is 2.18. The van der Waals surface area contributed by atoms with Crippen LogP contribution >= 0.6 is 0 Å². The molecular formula is C22H23FN4O. The van der Waals surface area contributed by atoms with Crippen molar-refractivity contribution in [2.45, 2.75) is 32.7 Å². The maximum absolute atomic E-state index is 12.9. The fourth-order valence-corrected chi connectivity index (χ4v) is 2.76. The number of hydrogen-bond acceptors (Lipinski definition) is 4. The number of carbonyl (C=O) groups is 1. The van der Waals surface area contributed by atoms with Crippen LogP contribution < -0.4 is 10.6 Å². The van der Waals surface area contributed by atoms with E-state index < -0.39 is 0 Å². The van der Waals surface area contributed by atoms with Crippen LogP contribution in [0.25, 0.3) is 0 Å². The number of anilines is 2. The largest absolute Gasteiger partial charge is 0.348 e. The molecule has 0 spiro atoms. The monoisotopic (exact) mass is 378 g/mol. The predicted octanol–water partition coefficient (Wildman–Crippen LogP) is 4.59. The summed E-state index contributed by atoms with van der Waals surface area (Å²) in [5.41, 5.74) is 3.23. The second-order valence-electron chi connectivity index (χ2n) is 7.53. The van der Waals surface area contributed by atoms with E-state index in [2.05, 4.69) is 47.4 Å². The third kappa shape index (κ3) is 4.91. The van der Waals surface area contributed by atoms with Gasteiger partial charge in [-0.25, -0.2) is 14.4 Å². The van der Waals surface area contributed by atoms with Crippen LogP contribution in [0.15, 0.2) is 60.9 Å². The molecule has 6 heteroatoms. The van der Waals surface area contributed by atoms with Crippen LogP contribution in [0.4, 0.5) is 16.0 Å². The number of para-hydroxylation sites is 1. The van der Waals surface area contributed by atoms with Crippen LogP contribution in [0.2, 0.25) is 0 Å². The molecule has 0 atom stereocenters. The molecule has 5 nitrogen and oxygen atoms in total. The molecule has 0 fully saturated rings. The second kappa shape index (κ2) is 8.17. The summed E-state index contributed by atoms with van der Waals surface area (Å²) in [7, 11) is 0. The van der Waals surface area contributed by atoms with Crippen molar-refractivity contribution in [1.29, 1.82) is 0 Å². The van der Waals surface area contributed by atoms with Gasteiger partial charge in [0.05, 0.1) is 5.56 Å². The molecule has 28 heavy (non-hydrogen) atoms. The van der Waals surface area contributed by atoms with Crippen LogP contribution in [0.3, 0.4) is 0 Å². The summed E-state index contributed by atoms with van der Waals surface area (Å²) in [6.45, 7) is 6.73. The molecule has 0 bridgehead atoms. The van der Waals surface area contributed by atoms with Gasteiger partial charge in [-0.05, 0) is 34.7 Å². The first-order valence-corrected chi connectivity index (χ1v) is 9.04. The quantitative estimate of drug-likeness (QED) is 0.682. The molecule has 1 heterocycles. The molecule has 0 aliphatic rings. The van der Waals surface area contributed by atoms with E-state index in [0.29, 0.717) is 18.1 Å². The molecule has 1 aromatic heterocycles. The van der Waals surface area contributed by atoms with Gasteiger partial charge in [-0.3, -0.25) is 4.79 Å². The van der Waals surface area contributed by atoms with Crippen molar-refractivity contribution in [3.8, 4) is 0 Å². The lowest BCUT2D eigenvalue weighted by molar-refractivity contribution is 0.0950. The molecule has 2 aromatic carbocycles. The fourth-order valence-electron chi connectivity index (χ4n) is 2.76. The molecule has 3 rings (SSSR count). The van der Waals surface area contributed by atoms with Crippen LogP contribution in [-0.2, 0) is 12.0 Å². The molecule has 1 amide bonds. The smallest absolute Gasteiger partial charge is 0.254 e. The lowest BCUT2D eigenvalue weighted by atomic mass is 9.86.